The minimum absolute atomic E-state index is 0.0535. The van der Waals surface area contributed by atoms with Gasteiger partial charge in [0.15, 0.2) is 0 Å². The van der Waals surface area contributed by atoms with Crippen LogP contribution in [0.3, 0.4) is 0 Å². The summed E-state index contributed by atoms with van der Waals surface area (Å²) in [5, 5.41) is 2.91. The van der Waals surface area contributed by atoms with Gasteiger partial charge in [0.25, 0.3) is 0 Å². The van der Waals surface area contributed by atoms with Crippen LogP contribution in [-0.2, 0) is 4.79 Å². The Balaban J connectivity index is 1.77. The molecule has 0 unspecified atom stereocenters. The third-order valence-corrected chi connectivity index (χ3v) is 4.14. The van der Waals surface area contributed by atoms with Crippen LogP contribution >= 0.6 is 0 Å². The third kappa shape index (κ3) is 4.23. The van der Waals surface area contributed by atoms with Crippen molar-refractivity contribution in [1.29, 1.82) is 0 Å². The van der Waals surface area contributed by atoms with Crippen LogP contribution < -0.4 is 11.1 Å². The summed E-state index contributed by atoms with van der Waals surface area (Å²) in [4.78, 5) is 14.2. The van der Waals surface area contributed by atoms with Crippen molar-refractivity contribution in [3.63, 3.8) is 0 Å². The number of nitrogens with one attached hydrogen (secondary N) is 1. The Morgan fingerprint density at radius 1 is 1.30 bits per heavy atom. The van der Waals surface area contributed by atoms with E-state index in [4.69, 9.17) is 5.73 Å². The van der Waals surface area contributed by atoms with E-state index in [-0.39, 0.29) is 5.91 Å². The minimum Gasteiger partial charge on any atom is -0.399 e. The second-order valence-electron chi connectivity index (χ2n) is 6.03. The first-order valence-corrected chi connectivity index (χ1v) is 7.42. The zero-order valence-electron chi connectivity index (χ0n) is 12.4. The molecule has 0 bridgehead atoms. The molecule has 1 aliphatic heterocycles. The van der Waals surface area contributed by atoms with Crippen LogP contribution in [0, 0.1) is 11.8 Å². The largest absolute Gasteiger partial charge is 0.399 e. The number of hydrogen-bond donors (Lipinski definition) is 2. The highest BCUT2D eigenvalue weighted by Gasteiger charge is 2.22. The molecule has 4 heteroatoms. The second-order valence-corrected chi connectivity index (χ2v) is 6.03. The molecule has 1 saturated heterocycles. The van der Waals surface area contributed by atoms with E-state index in [1.165, 1.54) is 12.8 Å². The standard InChI is InChI=1S/C16H25N3O/c1-12(2)13-7-9-19(10-8-13)11-16(20)18-15-5-3-14(17)4-6-15/h3-6,12-13H,7-11,17H2,1-2H3,(H,18,20). The van der Waals surface area contributed by atoms with E-state index in [9.17, 15) is 4.79 Å². The SMILES string of the molecule is CC(C)C1CCN(CC(=O)Nc2ccc(N)cc2)CC1. The van der Waals surface area contributed by atoms with Crippen molar-refractivity contribution in [2.45, 2.75) is 26.7 Å². The molecule has 0 atom stereocenters. The first-order valence-electron chi connectivity index (χ1n) is 7.42. The summed E-state index contributed by atoms with van der Waals surface area (Å²) in [7, 11) is 0. The first kappa shape index (κ1) is 14.9. The highest BCUT2D eigenvalue weighted by atomic mass is 16.2. The van der Waals surface area contributed by atoms with Crippen LogP contribution in [0.5, 0.6) is 0 Å². The Kier molecular flexibility index (Phi) is 5.01. The number of benzene rings is 1. The zero-order valence-corrected chi connectivity index (χ0v) is 12.4. The maximum absolute atomic E-state index is 12.0. The van der Waals surface area contributed by atoms with Crippen LogP contribution in [0.15, 0.2) is 24.3 Å². The van der Waals surface area contributed by atoms with Crippen molar-refractivity contribution in [2.24, 2.45) is 11.8 Å². The lowest BCUT2D eigenvalue weighted by molar-refractivity contribution is -0.117. The highest BCUT2D eigenvalue weighted by Crippen LogP contribution is 2.24. The van der Waals surface area contributed by atoms with Crippen LogP contribution in [0.2, 0.25) is 0 Å². The number of carbonyl (C=O) groups excluding carboxylic acids is 1. The molecule has 3 N–H and O–H groups in total. The number of nitrogens with two attached hydrogens (primary N) is 1. The molecule has 4 nitrogen and oxygen atoms in total. The lowest BCUT2D eigenvalue weighted by Crippen LogP contribution is -2.40. The van der Waals surface area contributed by atoms with E-state index in [1.54, 1.807) is 12.1 Å². The Morgan fingerprint density at radius 2 is 1.90 bits per heavy atom. The number of rotatable bonds is 4. The average molecular weight is 275 g/mol. The van der Waals surface area contributed by atoms with E-state index in [2.05, 4.69) is 24.1 Å². The van der Waals surface area contributed by atoms with Crippen LogP contribution in [-0.4, -0.2) is 30.4 Å². The van der Waals surface area contributed by atoms with Crippen molar-refractivity contribution < 1.29 is 4.79 Å². The smallest absolute Gasteiger partial charge is 0.238 e. The van der Waals surface area contributed by atoms with Gasteiger partial charge in [-0.05, 0) is 62.0 Å². The third-order valence-electron chi connectivity index (χ3n) is 4.14. The number of nitrogens with zero attached hydrogens (tertiary/aromatic N) is 1. The van der Waals surface area contributed by atoms with Gasteiger partial charge < -0.3 is 11.1 Å². The maximum atomic E-state index is 12.0. The van der Waals surface area contributed by atoms with E-state index < -0.39 is 0 Å². The highest BCUT2D eigenvalue weighted by molar-refractivity contribution is 5.92. The summed E-state index contributed by atoms with van der Waals surface area (Å²) in [6.45, 7) is 7.10. The molecule has 1 aliphatic rings. The molecule has 20 heavy (non-hydrogen) atoms. The normalized spacial score (nSPS) is 17.4. The van der Waals surface area contributed by atoms with Gasteiger partial charge in [-0.2, -0.15) is 0 Å². The molecule has 0 radical (unpaired) electrons. The number of nitrogen functional groups attached to an aromatic ring is 1. The fourth-order valence-electron chi connectivity index (χ4n) is 2.75. The molecule has 0 spiro atoms. The maximum Gasteiger partial charge on any atom is 0.238 e. The van der Waals surface area contributed by atoms with Gasteiger partial charge >= 0.3 is 0 Å². The van der Waals surface area contributed by atoms with E-state index in [0.717, 1.165) is 30.6 Å². The van der Waals surface area contributed by atoms with Crippen LogP contribution in [0.25, 0.3) is 0 Å². The van der Waals surface area contributed by atoms with Gasteiger partial charge in [-0.1, -0.05) is 13.8 Å². The number of carbonyl (C=O) groups is 1. The molecule has 1 fully saturated rings. The van der Waals surface area contributed by atoms with Crippen molar-refractivity contribution >= 4 is 17.3 Å². The zero-order chi connectivity index (χ0) is 14.5. The van der Waals surface area contributed by atoms with Crippen molar-refractivity contribution in [2.75, 3.05) is 30.7 Å². The van der Waals surface area contributed by atoms with Gasteiger partial charge in [0, 0.05) is 11.4 Å². The predicted molar refractivity (Wildman–Crippen MR) is 83.5 cm³/mol. The summed E-state index contributed by atoms with van der Waals surface area (Å²) in [5.74, 6) is 1.62. The van der Waals surface area contributed by atoms with Gasteiger partial charge in [-0.15, -0.1) is 0 Å². The van der Waals surface area contributed by atoms with E-state index in [1.807, 2.05) is 12.1 Å². The summed E-state index contributed by atoms with van der Waals surface area (Å²) in [5.41, 5.74) is 7.14. The van der Waals surface area contributed by atoms with Gasteiger partial charge in [0.05, 0.1) is 6.54 Å². The van der Waals surface area contributed by atoms with Gasteiger partial charge in [-0.3, -0.25) is 9.69 Å². The molecule has 1 aromatic carbocycles. The summed E-state index contributed by atoms with van der Waals surface area (Å²) in [6, 6.07) is 7.25. The number of piperidine rings is 1. The predicted octanol–water partition coefficient (Wildman–Crippen LogP) is 2.58. The van der Waals surface area contributed by atoms with Gasteiger partial charge in [0.1, 0.15) is 0 Å². The fourth-order valence-corrected chi connectivity index (χ4v) is 2.75. The average Bonchev–Trinajstić information content (AvgIpc) is 2.42. The first-order chi connectivity index (χ1) is 9.54. The molecule has 1 aromatic rings. The monoisotopic (exact) mass is 275 g/mol. The second kappa shape index (κ2) is 6.75. The van der Waals surface area contributed by atoms with E-state index in [0.29, 0.717) is 12.2 Å². The lowest BCUT2D eigenvalue weighted by atomic mass is 9.87. The summed E-state index contributed by atoms with van der Waals surface area (Å²) < 4.78 is 0. The minimum atomic E-state index is 0.0535. The molecule has 2 rings (SSSR count). The summed E-state index contributed by atoms with van der Waals surface area (Å²) in [6.07, 6.45) is 2.40. The molecule has 1 amide bonds. The Hall–Kier alpha value is -1.55. The molecule has 0 aliphatic carbocycles. The fraction of sp³-hybridized carbons (Fsp3) is 0.562. The van der Waals surface area contributed by atoms with E-state index >= 15 is 0 Å². The topological polar surface area (TPSA) is 58.4 Å². The molecular weight excluding hydrogens is 250 g/mol. The van der Waals surface area contributed by atoms with Crippen molar-refractivity contribution in [3.8, 4) is 0 Å². The van der Waals surface area contributed by atoms with Crippen molar-refractivity contribution in [1.82, 2.24) is 4.90 Å². The Labute approximate surface area is 121 Å². The molecule has 0 aromatic heterocycles. The Bertz CT molecular complexity index is 434. The van der Waals surface area contributed by atoms with Crippen LogP contribution in [0.1, 0.15) is 26.7 Å². The van der Waals surface area contributed by atoms with Gasteiger partial charge in [-0.25, -0.2) is 0 Å². The van der Waals surface area contributed by atoms with Crippen molar-refractivity contribution in [3.05, 3.63) is 24.3 Å². The molecule has 110 valence electrons. The molecule has 1 heterocycles. The number of likely N-dealkylation sites (tertiary alicyclic amines) is 1. The van der Waals surface area contributed by atoms with Gasteiger partial charge in [0.2, 0.25) is 5.91 Å². The van der Waals surface area contributed by atoms with Crippen LogP contribution in [0.4, 0.5) is 11.4 Å². The number of amides is 1. The quantitative estimate of drug-likeness (QED) is 0.830. The molecule has 0 saturated carbocycles. The Morgan fingerprint density at radius 3 is 2.45 bits per heavy atom. The number of anilines is 2. The summed E-state index contributed by atoms with van der Waals surface area (Å²) >= 11 is 0. The number of hydrogen-bond acceptors (Lipinski definition) is 3. The lowest BCUT2D eigenvalue weighted by Gasteiger charge is -2.33. The molecular formula is C16H25N3O.